The SMILES string of the molecule is CCN(c1ccc(-c2ccc(C)cc2)cc1)S(=O)(=O)c1ccc(C)c(C(=O)OC)c1. The van der Waals surface area contributed by atoms with Crippen LogP contribution in [0.25, 0.3) is 11.1 Å². The summed E-state index contributed by atoms with van der Waals surface area (Å²) in [5.41, 5.74) is 4.72. The van der Waals surface area contributed by atoms with Gasteiger partial charge in [0.25, 0.3) is 10.0 Å². The van der Waals surface area contributed by atoms with E-state index in [4.69, 9.17) is 4.74 Å². The van der Waals surface area contributed by atoms with E-state index in [1.165, 1.54) is 29.1 Å². The number of sulfonamides is 1. The number of hydrogen-bond acceptors (Lipinski definition) is 4. The molecule has 0 heterocycles. The fourth-order valence-corrected chi connectivity index (χ4v) is 4.78. The van der Waals surface area contributed by atoms with E-state index in [-0.39, 0.29) is 17.0 Å². The molecule has 0 bridgehead atoms. The molecule has 0 unspecified atom stereocenters. The molecule has 0 aromatic heterocycles. The average molecular weight is 424 g/mol. The molecule has 0 N–H and O–H groups in total. The van der Waals surface area contributed by atoms with Crippen LogP contribution in [-0.2, 0) is 14.8 Å². The van der Waals surface area contributed by atoms with Crippen LogP contribution in [0.5, 0.6) is 0 Å². The van der Waals surface area contributed by atoms with Crippen molar-refractivity contribution >= 4 is 21.7 Å². The third-order valence-electron chi connectivity index (χ3n) is 5.03. The molecule has 0 amide bonds. The van der Waals surface area contributed by atoms with Gasteiger partial charge in [-0.05, 0) is 61.7 Å². The average Bonchev–Trinajstić information content (AvgIpc) is 2.75. The van der Waals surface area contributed by atoms with E-state index >= 15 is 0 Å². The second-order valence-electron chi connectivity index (χ2n) is 7.05. The van der Waals surface area contributed by atoms with Crippen molar-refractivity contribution in [3.63, 3.8) is 0 Å². The zero-order valence-corrected chi connectivity index (χ0v) is 18.4. The minimum absolute atomic E-state index is 0.0537. The standard InChI is InChI=1S/C24H25NO4S/c1-5-25(21-13-11-20(12-14-21)19-9-6-17(2)7-10-19)30(27,28)22-15-8-18(3)23(16-22)24(26)29-4/h6-16H,5H2,1-4H3. The highest BCUT2D eigenvalue weighted by atomic mass is 32.2. The van der Waals surface area contributed by atoms with E-state index in [9.17, 15) is 13.2 Å². The Morgan fingerprint density at radius 3 is 2.00 bits per heavy atom. The zero-order valence-electron chi connectivity index (χ0n) is 17.5. The van der Waals surface area contributed by atoms with Crippen LogP contribution in [-0.4, -0.2) is 28.0 Å². The molecule has 3 rings (SSSR count). The third kappa shape index (κ3) is 4.24. The van der Waals surface area contributed by atoms with E-state index < -0.39 is 16.0 Å². The van der Waals surface area contributed by atoms with E-state index in [1.807, 2.05) is 43.3 Å². The van der Waals surface area contributed by atoms with E-state index in [0.717, 1.165) is 11.1 Å². The normalized spacial score (nSPS) is 11.2. The lowest BCUT2D eigenvalue weighted by Crippen LogP contribution is -2.31. The Balaban J connectivity index is 1.96. The Bertz CT molecular complexity index is 1150. The fraction of sp³-hybridized carbons (Fsp3) is 0.208. The first-order valence-electron chi connectivity index (χ1n) is 9.66. The van der Waals surface area contributed by atoms with Crippen LogP contribution in [0, 0.1) is 13.8 Å². The summed E-state index contributed by atoms with van der Waals surface area (Å²) in [6.45, 7) is 5.81. The number of nitrogens with zero attached hydrogens (tertiary/aromatic N) is 1. The van der Waals surface area contributed by atoms with Gasteiger partial charge in [-0.1, -0.05) is 48.0 Å². The summed E-state index contributed by atoms with van der Waals surface area (Å²) in [5.74, 6) is -0.560. The summed E-state index contributed by atoms with van der Waals surface area (Å²) in [4.78, 5) is 12.0. The van der Waals surface area contributed by atoms with Crippen LogP contribution in [0.2, 0.25) is 0 Å². The number of methoxy groups -OCH3 is 1. The van der Waals surface area contributed by atoms with Crippen LogP contribution in [0.3, 0.4) is 0 Å². The molecule has 0 fully saturated rings. The number of ether oxygens (including phenoxy) is 1. The highest BCUT2D eigenvalue weighted by Crippen LogP contribution is 2.28. The van der Waals surface area contributed by atoms with Gasteiger partial charge in [0, 0.05) is 6.54 Å². The lowest BCUT2D eigenvalue weighted by molar-refractivity contribution is 0.0599. The largest absolute Gasteiger partial charge is 0.465 e. The molecule has 3 aromatic carbocycles. The van der Waals surface area contributed by atoms with Crippen LogP contribution < -0.4 is 4.31 Å². The molecule has 0 saturated carbocycles. The van der Waals surface area contributed by atoms with Gasteiger partial charge in [-0.2, -0.15) is 0 Å². The maximum absolute atomic E-state index is 13.3. The van der Waals surface area contributed by atoms with Gasteiger partial charge in [-0.3, -0.25) is 4.31 Å². The van der Waals surface area contributed by atoms with Gasteiger partial charge in [-0.25, -0.2) is 13.2 Å². The number of carbonyl (C=O) groups excluding carboxylic acids is 1. The van der Waals surface area contributed by atoms with Crippen LogP contribution >= 0.6 is 0 Å². The van der Waals surface area contributed by atoms with E-state index in [0.29, 0.717) is 11.3 Å². The quantitative estimate of drug-likeness (QED) is 0.525. The Kier molecular flexibility index (Phi) is 6.27. The van der Waals surface area contributed by atoms with Crippen LogP contribution in [0.15, 0.2) is 71.6 Å². The molecule has 0 radical (unpaired) electrons. The van der Waals surface area contributed by atoms with Crippen LogP contribution in [0.4, 0.5) is 5.69 Å². The molecule has 0 aliphatic carbocycles. The van der Waals surface area contributed by atoms with Crippen molar-refractivity contribution in [2.24, 2.45) is 0 Å². The summed E-state index contributed by atoms with van der Waals surface area (Å²) < 4.78 is 32.7. The molecule has 0 atom stereocenters. The molecule has 0 saturated heterocycles. The molecule has 0 spiro atoms. The number of esters is 1. The molecule has 156 valence electrons. The first-order valence-corrected chi connectivity index (χ1v) is 11.1. The maximum Gasteiger partial charge on any atom is 0.338 e. The van der Waals surface area contributed by atoms with Crippen molar-refractivity contribution in [3.05, 3.63) is 83.4 Å². The van der Waals surface area contributed by atoms with Gasteiger partial charge in [0.2, 0.25) is 0 Å². The predicted molar refractivity (Wildman–Crippen MR) is 119 cm³/mol. The van der Waals surface area contributed by atoms with Crippen molar-refractivity contribution in [3.8, 4) is 11.1 Å². The number of anilines is 1. The highest BCUT2D eigenvalue weighted by Gasteiger charge is 2.25. The Morgan fingerprint density at radius 2 is 1.47 bits per heavy atom. The fourth-order valence-electron chi connectivity index (χ4n) is 3.28. The molecule has 30 heavy (non-hydrogen) atoms. The molecular formula is C24H25NO4S. The van der Waals surface area contributed by atoms with E-state index in [1.54, 1.807) is 32.0 Å². The summed E-state index contributed by atoms with van der Waals surface area (Å²) in [6.07, 6.45) is 0. The number of benzene rings is 3. The van der Waals surface area contributed by atoms with Gasteiger partial charge >= 0.3 is 5.97 Å². The highest BCUT2D eigenvalue weighted by molar-refractivity contribution is 7.92. The number of carbonyl (C=O) groups is 1. The molecular weight excluding hydrogens is 398 g/mol. The molecule has 6 heteroatoms. The Hall–Kier alpha value is -3.12. The lowest BCUT2D eigenvalue weighted by Gasteiger charge is -2.23. The molecule has 5 nitrogen and oxygen atoms in total. The first-order chi connectivity index (χ1) is 14.3. The van der Waals surface area contributed by atoms with Gasteiger partial charge in [0.05, 0.1) is 23.3 Å². The molecule has 3 aromatic rings. The Morgan fingerprint density at radius 1 is 0.900 bits per heavy atom. The number of rotatable bonds is 6. The van der Waals surface area contributed by atoms with Gasteiger partial charge in [0.1, 0.15) is 0 Å². The van der Waals surface area contributed by atoms with Gasteiger partial charge < -0.3 is 4.74 Å². The summed E-state index contributed by atoms with van der Waals surface area (Å²) in [7, 11) is -2.57. The second kappa shape index (κ2) is 8.71. The summed E-state index contributed by atoms with van der Waals surface area (Å²) in [5, 5.41) is 0. The Labute approximate surface area is 178 Å². The van der Waals surface area contributed by atoms with Crippen molar-refractivity contribution in [1.29, 1.82) is 0 Å². The number of hydrogen-bond donors (Lipinski definition) is 0. The van der Waals surface area contributed by atoms with Crippen molar-refractivity contribution in [1.82, 2.24) is 0 Å². The van der Waals surface area contributed by atoms with Gasteiger partial charge in [0.15, 0.2) is 0 Å². The summed E-state index contributed by atoms with van der Waals surface area (Å²) in [6, 6.07) is 20.1. The van der Waals surface area contributed by atoms with Crippen molar-refractivity contribution < 1.29 is 17.9 Å². The molecule has 0 aliphatic heterocycles. The topological polar surface area (TPSA) is 63.7 Å². The first kappa shape index (κ1) is 21.6. The van der Waals surface area contributed by atoms with Crippen molar-refractivity contribution in [2.45, 2.75) is 25.7 Å². The summed E-state index contributed by atoms with van der Waals surface area (Å²) >= 11 is 0. The lowest BCUT2D eigenvalue weighted by atomic mass is 10.0. The smallest absolute Gasteiger partial charge is 0.338 e. The number of aryl methyl sites for hydroxylation is 2. The second-order valence-corrected chi connectivity index (χ2v) is 8.91. The van der Waals surface area contributed by atoms with Crippen molar-refractivity contribution in [2.75, 3.05) is 18.0 Å². The minimum atomic E-state index is -3.84. The third-order valence-corrected chi connectivity index (χ3v) is 6.93. The maximum atomic E-state index is 13.3. The monoisotopic (exact) mass is 423 g/mol. The van der Waals surface area contributed by atoms with Crippen LogP contribution in [0.1, 0.15) is 28.4 Å². The predicted octanol–water partition coefficient (Wildman–Crippen LogP) is 4.97. The van der Waals surface area contributed by atoms with E-state index in [2.05, 4.69) is 0 Å². The minimum Gasteiger partial charge on any atom is -0.465 e. The molecule has 0 aliphatic rings. The zero-order chi connectivity index (χ0) is 21.9. The van der Waals surface area contributed by atoms with Gasteiger partial charge in [-0.15, -0.1) is 0 Å².